The summed E-state index contributed by atoms with van der Waals surface area (Å²) in [6, 6.07) is 0. The standard InChI is InChI=1S/C5H9O3S/c1-3-5-9(6,7)8-4-2/h3-4H,1,5H2,2H3. The zero-order valence-corrected chi connectivity index (χ0v) is 6.02. The molecule has 1 radical (unpaired) electrons. The van der Waals surface area contributed by atoms with Crippen LogP contribution in [-0.4, -0.2) is 14.2 Å². The molecule has 0 unspecified atom stereocenters. The normalized spacial score (nSPS) is 11.2. The molecule has 0 spiro atoms. The highest BCUT2D eigenvalue weighted by atomic mass is 32.2. The second kappa shape index (κ2) is 3.63. The van der Waals surface area contributed by atoms with Crippen molar-refractivity contribution in [3.05, 3.63) is 19.3 Å². The van der Waals surface area contributed by atoms with Crippen molar-refractivity contribution in [2.45, 2.75) is 6.92 Å². The molecule has 3 nitrogen and oxygen atoms in total. The largest absolute Gasteiger partial charge is 0.271 e. The fourth-order valence-electron chi connectivity index (χ4n) is 0.330. The minimum absolute atomic E-state index is 0.142. The van der Waals surface area contributed by atoms with E-state index in [1.165, 1.54) is 13.0 Å². The summed E-state index contributed by atoms with van der Waals surface area (Å²) in [4.78, 5) is 0. The highest BCUT2D eigenvalue weighted by Crippen LogP contribution is 1.94. The van der Waals surface area contributed by atoms with Crippen LogP contribution in [0.2, 0.25) is 0 Å². The first-order valence-electron chi connectivity index (χ1n) is 2.42. The maximum absolute atomic E-state index is 10.5. The predicted molar refractivity (Wildman–Crippen MR) is 35.0 cm³/mol. The number of hydrogen-bond donors (Lipinski definition) is 0. The Bertz CT molecular complexity index is 169. The van der Waals surface area contributed by atoms with Crippen molar-refractivity contribution >= 4 is 10.1 Å². The van der Waals surface area contributed by atoms with Gasteiger partial charge in [0.15, 0.2) is 0 Å². The van der Waals surface area contributed by atoms with Gasteiger partial charge in [-0.05, 0) is 6.92 Å². The maximum Gasteiger partial charge on any atom is 0.271 e. The molecule has 0 aromatic heterocycles. The Balaban J connectivity index is 3.88. The molecule has 0 saturated heterocycles. The van der Waals surface area contributed by atoms with Crippen LogP contribution in [0.3, 0.4) is 0 Å². The zero-order valence-electron chi connectivity index (χ0n) is 5.20. The lowest BCUT2D eigenvalue weighted by Crippen LogP contribution is -2.05. The first-order valence-corrected chi connectivity index (χ1v) is 4.00. The molecule has 0 atom stereocenters. The molecule has 0 saturated carbocycles. The van der Waals surface area contributed by atoms with E-state index in [0.29, 0.717) is 0 Å². The molecule has 0 amide bonds. The minimum Gasteiger partial charge on any atom is -0.264 e. The summed E-state index contributed by atoms with van der Waals surface area (Å²) in [7, 11) is -3.36. The fourth-order valence-corrected chi connectivity index (χ4v) is 0.991. The Kier molecular flexibility index (Phi) is 3.49. The van der Waals surface area contributed by atoms with Gasteiger partial charge in [-0.1, -0.05) is 6.08 Å². The smallest absolute Gasteiger partial charge is 0.264 e. The van der Waals surface area contributed by atoms with Crippen molar-refractivity contribution < 1.29 is 12.6 Å². The van der Waals surface area contributed by atoms with E-state index in [2.05, 4.69) is 10.8 Å². The molecule has 0 aliphatic carbocycles. The second-order valence-electron chi connectivity index (χ2n) is 1.34. The van der Waals surface area contributed by atoms with E-state index in [0.717, 1.165) is 6.61 Å². The molecule has 0 rings (SSSR count). The van der Waals surface area contributed by atoms with E-state index >= 15 is 0 Å². The molecule has 0 bridgehead atoms. The number of rotatable bonds is 4. The van der Waals surface area contributed by atoms with Crippen molar-refractivity contribution in [2.24, 2.45) is 0 Å². The monoisotopic (exact) mass is 149 g/mol. The summed E-state index contributed by atoms with van der Waals surface area (Å²) in [5, 5.41) is 0. The van der Waals surface area contributed by atoms with Gasteiger partial charge in [-0.2, -0.15) is 8.42 Å². The third-order valence-corrected chi connectivity index (χ3v) is 1.69. The third-order valence-electron chi connectivity index (χ3n) is 0.565. The van der Waals surface area contributed by atoms with Crippen LogP contribution in [0.1, 0.15) is 6.92 Å². The summed E-state index contributed by atoms with van der Waals surface area (Å²) < 4.78 is 25.3. The van der Waals surface area contributed by atoms with E-state index in [4.69, 9.17) is 0 Å². The Morgan fingerprint density at radius 3 is 2.56 bits per heavy atom. The van der Waals surface area contributed by atoms with Crippen LogP contribution in [0, 0.1) is 6.61 Å². The molecule has 0 N–H and O–H groups in total. The molecular formula is C5H9O3S. The Labute approximate surface area is 55.5 Å². The van der Waals surface area contributed by atoms with Crippen LogP contribution < -0.4 is 0 Å². The highest BCUT2D eigenvalue weighted by Gasteiger charge is 2.04. The first-order chi connectivity index (χ1) is 4.12. The quantitative estimate of drug-likeness (QED) is 0.436. The Hall–Kier alpha value is -0.350. The van der Waals surface area contributed by atoms with E-state index in [1.54, 1.807) is 0 Å². The van der Waals surface area contributed by atoms with Crippen molar-refractivity contribution in [2.75, 3.05) is 5.75 Å². The van der Waals surface area contributed by atoms with Gasteiger partial charge < -0.3 is 0 Å². The third kappa shape index (κ3) is 4.17. The molecule has 0 aliphatic heterocycles. The Morgan fingerprint density at radius 2 is 2.22 bits per heavy atom. The minimum atomic E-state index is -3.36. The van der Waals surface area contributed by atoms with Gasteiger partial charge >= 0.3 is 0 Å². The van der Waals surface area contributed by atoms with Gasteiger partial charge in [0.05, 0.1) is 5.75 Å². The molecule has 0 aromatic rings. The topological polar surface area (TPSA) is 43.4 Å². The van der Waals surface area contributed by atoms with Gasteiger partial charge in [-0.15, -0.1) is 6.58 Å². The average Bonchev–Trinajstić information content (AvgIpc) is 1.64. The summed E-state index contributed by atoms with van der Waals surface area (Å²) in [6.07, 6.45) is 1.28. The van der Waals surface area contributed by atoms with E-state index < -0.39 is 10.1 Å². The van der Waals surface area contributed by atoms with Gasteiger partial charge in [0.1, 0.15) is 6.61 Å². The summed E-state index contributed by atoms with van der Waals surface area (Å²) in [6.45, 7) is 5.88. The second-order valence-corrected chi connectivity index (χ2v) is 2.99. The van der Waals surface area contributed by atoms with Gasteiger partial charge in [0, 0.05) is 0 Å². The van der Waals surface area contributed by atoms with Gasteiger partial charge in [-0.3, -0.25) is 4.18 Å². The van der Waals surface area contributed by atoms with Crippen LogP contribution in [0.4, 0.5) is 0 Å². The van der Waals surface area contributed by atoms with Crippen LogP contribution in [-0.2, 0) is 14.3 Å². The van der Waals surface area contributed by atoms with Gasteiger partial charge in [0.25, 0.3) is 10.1 Å². The van der Waals surface area contributed by atoms with Crippen LogP contribution >= 0.6 is 0 Å². The number of hydrogen-bond acceptors (Lipinski definition) is 3. The lowest BCUT2D eigenvalue weighted by Gasteiger charge is -1.96. The highest BCUT2D eigenvalue weighted by molar-refractivity contribution is 7.86. The summed E-state index contributed by atoms with van der Waals surface area (Å²) in [5.41, 5.74) is 0. The van der Waals surface area contributed by atoms with E-state index in [1.807, 2.05) is 0 Å². The lowest BCUT2D eigenvalue weighted by molar-refractivity contribution is 0.402. The average molecular weight is 149 g/mol. The molecule has 9 heavy (non-hydrogen) atoms. The van der Waals surface area contributed by atoms with Crippen LogP contribution in [0.25, 0.3) is 0 Å². The van der Waals surface area contributed by atoms with Crippen molar-refractivity contribution in [1.82, 2.24) is 0 Å². The molecule has 53 valence electrons. The van der Waals surface area contributed by atoms with E-state index in [-0.39, 0.29) is 5.75 Å². The van der Waals surface area contributed by atoms with Gasteiger partial charge in [0.2, 0.25) is 0 Å². The van der Waals surface area contributed by atoms with Crippen molar-refractivity contribution in [3.8, 4) is 0 Å². The SMILES string of the molecule is C=CCS(=O)(=O)O[CH]C. The lowest BCUT2D eigenvalue weighted by atomic mass is 10.8. The molecule has 4 heteroatoms. The molecule has 0 heterocycles. The first kappa shape index (κ1) is 8.65. The fraction of sp³-hybridized carbons (Fsp3) is 0.400. The van der Waals surface area contributed by atoms with Crippen LogP contribution in [0.5, 0.6) is 0 Å². The molecular weight excluding hydrogens is 140 g/mol. The van der Waals surface area contributed by atoms with Crippen molar-refractivity contribution in [3.63, 3.8) is 0 Å². The van der Waals surface area contributed by atoms with E-state index in [9.17, 15) is 8.42 Å². The summed E-state index contributed by atoms with van der Waals surface area (Å²) >= 11 is 0. The Morgan fingerprint density at radius 1 is 1.67 bits per heavy atom. The molecule has 0 aromatic carbocycles. The van der Waals surface area contributed by atoms with Crippen molar-refractivity contribution in [1.29, 1.82) is 0 Å². The van der Waals surface area contributed by atoms with Crippen LogP contribution in [0.15, 0.2) is 12.7 Å². The predicted octanol–water partition coefficient (Wildman–Crippen LogP) is 0.700. The maximum atomic E-state index is 10.5. The molecule has 0 aliphatic rings. The summed E-state index contributed by atoms with van der Waals surface area (Å²) in [5.74, 6) is -0.142. The molecule has 0 fully saturated rings. The van der Waals surface area contributed by atoms with Gasteiger partial charge in [-0.25, -0.2) is 0 Å². The zero-order chi connectivity index (χ0) is 7.33.